The molecule has 2 N–H and O–H groups in total. The summed E-state index contributed by atoms with van der Waals surface area (Å²) in [5.74, 6) is 0.149. The zero-order valence-electron chi connectivity index (χ0n) is 10.3. The van der Waals surface area contributed by atoms with E-state index in [9.17, 15) is 4.39 Å². The van der Waals surface area contributed by atoms with Crippen LogP contribution in [0.25, 0.3) is 0 Å². The van der Waals surface area contributed by atoms with Crippen LogP contribution < -0.4 is 10.5 Å². The van der Waals surface area contributed by atoms with Crippen molar-refractivity contribution < 1.29 is 9.13 Å². The number of hydrogen-bond donors (Lipinski definition) is 1. The van der Waals surface area contributed by atoms with Crippen LogP contribution in [0.5, 0.6) is 5.75 Å². The lowest BCUT2D eigenvalue weighted by molar-refractivity contribution is 0.293. The van der Waals surface area contributed by atoms with Crippen LogP contribution in [0.15, 0.2) is 30.7 Å². The van der Waals surface area contributed by atoms with Gasteiger partial charge < -0.3 is 15.0 Å². The Morgan fingerprint density at radius 1 is 1.39 bits per heavy atom. The highest BCUT2D eigenvalue weighted by Gasteiger charge is 2.04. The Morgan fingerprint density at radius 2 is 2.22 bits per heavy atom. The van der Waals surface area contributed by atoms with E-state index in [4.69, 9.17) is 10.5 Å². The summed E-state index contributed by atoms with van der Waals surface area (Å²) in [6.07, 6.45) is 3.49. The molecule has 1 heterocycles. The number of rotatable bonds is 5. The second-order valence-corrected chi connectivity index (χ2v) is 3.96. The van der Waals surface area contributed by atoms with E-state index in [1.54, 1.807) is 18.6 Å². The van der Waals surface area contributed by atoms with Crippen molar-refractivity contribution in [3.63, 3.8) is 0 Å². The molecule has 2 rings (SSSR count). The van der Waals surface area contributed by atoms with Crippen LogP contribution in [0.4, 0.5) is 4.39 Å². The average Bonchev–Trinajstić information content (AvgIpc) is 2.83. The van der Waals surface area contributed by atoms with Crippen LogP contribution in [0.3, 0.4) is 0 Å². The van der Waals surface area contributed by atoms with Crippen LogP contribution in [-0.2, 0) is 19.7 Å². The fraction of sp³-hybridized carbons (Fsp3) is 0.308. The molecule has 0 aliphatic rings. The molecular weight excluding hydrogens is 233 g/mol. The molecular formula is C13H16FN3O. The fourth-order valence-electron chi connectivity index (χ4n) is 1.73. The zero-order chi connectivity index (χ0) is 13.0. The van der Waals surface area contributed by atoms with E-state index in [0.717, 1.165) is 12.2 Å². The number of nitrogens with two attached hydrogens (primary N) is 1. The molecule has 0 spiro atoms. The first-order valence-electron chi connectivity index (χ1n) is 5.84. The quantitative estimate of drug-likeness (QED) is 0.882. The van der Waals surface area contributed by atoms with Gasteiger partial charge in [-0.05, 0) is 24.6 Å². The normalized spacial score (nSPS) is 10.6. The van der Waals surface area contributed by atoms with Gasteiger partial charge in [-0.1, -0.05) is 0 Å². The second-order valence-electron chi connectivity index (χ2n) is 3.96. The van der Waals surface area contributed by atoms with Crippen molar-refractivity contribution in [3.05, 3.63) is 47.8 Å². The van der Waals surface area contributed by atoms with Crippen LogP contribution >= 0.6 is 0 Å². The maximum Gasteiger partial charge on any atom is 0.130 e. The standard InChI is InChI=1S/C13H16FN3O/c1-2-17-9-16-7-12(17)8-18-13-4-10(6-15)3-11(14)5-13/h3-5,7,9H,2,6,8,15H2,1H3. The van der Waals surface area contributed by atoms with Gasteiger partial charge in [-0.3, -0.25) is 0 Å². The molecule has 18 heavy (non-hydrogen) atoms. The molecule has 4 nitrogen and oxygen atoms in total. The summed E-state index contributed by atoms with van der Waals surface area (Å²) in [7, 11) is 0. The summed E-state index contributed by atoms with van der Waals surface area (Å²) >= 11 is 0. The van der Waals surface area contributed by atoms with E-state index in [-0.39, 0.29) is 5.82 Å². The molecule has 1 aromatic heterocycles. The molecule has 0 radical (unpaired) electrons. The molecule has 0 saturated carbocycles. The number of imidazole rings is 1. The van der Waals surface area contributed by atoms with Gasteiger partial charge in [0.05, 0.1) is 18.2 Å². The van der Waals surface area contributed by atoms with Gasteiger partial charge in [0.15, 0.2) is 0 Å². The molecule has 5 heteroatoms. The fourth-order valence-corrected chi connectivity index (χ4v) is 1.73. The van der Waals surface area contributed by atoms with Gasteiger partial charge in [0.1, 0.15) is 18.2 Å². The topological polar surface area (TPSA) is 53.1 Å². The van der Waals surface area contributed by atoms with E-state index in [2.05, 4.69) is 4.98 Å². The summed E-state index contributed by atoms with van der Waals surface area (Å²) in [5, 5.41) is 0. The predicted octanol–water partition coefficient (Wildman–Crippen LogP) is 2.08. The summed E-state index contributed by atoms with van der Waals surface area (Å²) < 4.78 is 20.8. The Balaban J connectivity index is 2.08. The van der Waals surface area contributed by atoms with Crippen molar-refractivity contribution in [3.8, 4) is 5.75 Å². The minimum absolute atomic E-state index is 0.293. The molecule has 1 aromatic carbocycles. The first kappa shape index (κ1) is 12.6. The number of ether oxygens (including phenoxy) is 1. The molecule has 0 amide bonds. The Morgan fingerprint density at radius 3 is 2.94 bits per heavy atom. The van der Waals surface area contributed by atoms with Crippen LogP contribution in [0, 0.1) is 5.82 Å². The Hall–Kier alpha value is -1.88. The number of aromatic nitrogens is 2. The highest BCUT2D eigenvalue weighted by atomic mass is 19.1. The molecule has 0 atom stereocenters. The SMILES string of the molecule is CCn1cncc1COc1cc(F)cc(CN)c1. The molecule has 2 aromatic rings. The molecule has 0 unspecified atom stereocenters. The second kappa shape index (κ2) is 5.64. The third-order valence-corrected chi connectivity index (χ3v) is 2.69. The van der Waals surface area contributed by atoms with Crippen molar-refractivity contribution in [1.82, 2.24) is 9.55 Å². The number of benzene rings is 1. The van der Waals surface area contributed by atoms with Crippen molar-refractivity contribution >= 4 is 0 Å². The summed E-state index contributed by atoms with van der Waals surface area (Å²) in [4.78, 5) is 4.05. The lowest BCUT2D eigenvalue weighted by Crippen LogP contribution is -2.04. The minimum Gasteiger partial charge on any atom is -0.487 e. The highest BCUT2D eigenvalue weighted by molar-refractivity contribution is 5.29. The number of hydrogen-bond acceptors (Lipinski definition) is 3. The average molecular weight is 249 g/mol. The Kier molecular flexibility index (Phi) is 3.94. The van der Waals surface area contributed by atoms with E-state index >= 15 is 0 Å². The maximum absolute atomic E-state index is 13.3. The van der Waals surface area contributed by atoms with Crippen molar-refractivity contribution in [2.45, 2.75) is 26.6 Å². The van der Waals surface area contributed by atoms with Gasteiger partial charge in [-0.2, -0.15) is 0 Å². The van der Waals surface area contributed by atoms with E-state index < -0.39 is 0 Å². The maximum atomic E-state index is 13.3. The largest absolute Gasteiger partial charge is 0.487 e. The predicted molar refractivity (Wildman–Crippen MR) is 66.5 cm³/mol. The molecule has 0 fully saturated rings. The number of nitrogens with zero attached hydrogens (tertiary/aromatic N) is 2. The molecule has 0 aliphatic carbocycles. The van der Waals surface area contributed by atoms with Crippen molar-refractivity contribution in [1.29, 1.82) is 0 Å². The minimum atomic E-state index is -0.336. The smallest absolute Gasteiger partial charge is 0.130 e. The molecule has 0 bridgehead atoms. The monoisotopic (exact) mass is 249 g/mol. The van der Waals surface area contributed by atoms with Gasteiger partial charge >= 0.3 is 0 Å². The number of halogens is 1. The molecule has 96 valence electrons. The summed E-state index contributed by atoms with van der Waals surface area (Å²) in [6, 6.07) is 4.50. The highest BCUT2D eigenvalue weighted by Crippen LogP contribution is 2.17. The summed E-state index contributed by atoms with van der Waals surface area (Å²) in [6.45, 7) is 3.51. The van der Waals surface area contributed by atoms with E-state index in [0.29, 0.717) is 24.5 Å². The van der Waals surface area contributed by atoms with Gasteiger partial charge in [-0.25, -0.2) is 9.37 Å². The third kappa shape index (κ3) is 2.87. The van der Waals surface area contributed by atoms with E-state index in [1.165, 1.54) is 12.1 Å². The lowest BCUT2D eigenvalue weighted by Gasteiger charge is -2.09. The molecule has 0 aliphatic heterocycles. The van der Waals surface area contributed by atoms with Crippen molar-refractivity contribution in [2.24, 2.45) is 5.73 Å². The first-order chi connectivity index (χ1) is 8.72. The van der Waals surface area contributed by atoms with Crippen LogP contribution in [-0.4, -0.2) is 9.55 Å². The lowest BCUT2D eigenvalue weighted by atomic mass is 10.2. The molecule has 0 saturated heterocycles. The zero-order valence-corrected chi connectivity index (χ0v) is 10.3. The Labute approximate surface area is 105 Å². The van der Waals surface area contributed by atoms with Crippen molar-refractivity contribution in [2.75, 3.05) is 0 Å². The number of aryl methyl sites for hydroxylation is 1. The van der Waals surface area contributed by atoms with Crippen LogP contribution in [0.2, 0.25) is 0 Å². The van der Waals surface area contributed by atoms with Gasteiger partial charge in [0.25, 0.3) is 0 Å². The Bertz CT molecular complexity index is 525. The van der Waals surface area contributed by atoms with Gasteiger partial charge in [-0.15, -0.1) is 0 Å². The van der Waals surface area contributed by atoms with Gasteiger partial charge in [0.2, 0.25) is 0 Å². The first-order valence-corrected chi connectivity index (χ1v) is 5.84. The summed E-state index contributed by atoms with van der Waals surface area (Å²) in [5.41, 5.74) is 7.16. The van der Waals surface area contributed by atoms with Crippen LogP contribution in [0.1, 0.15) is 18.2 Å². The third-order valence-electron chi connectivity index (χ3n) is 2.69. The van der Waals surface area contributed by atoms with E-state index in [1.807, 2.05) is 11.5 Å². The van der Waals surface area contributed by atoms with Gasteiger partial charge in [0, 0.05) is 19.2 Å².